The fourth-order valence-electron chi connectivity index (χ4n) is 2.16. The van der Waals surface area contributed by atoms with Crippen molar-refractivity contribution in [3.8, 4) is 0 Å². The van der Waals surface area contributed by atoms with Crippen LogP contribution in [0.15, 0.2) is 24.3 Å². The molecule has 0 atom stereocenters. The lowest BCUT2D eigenvalue weighted by molar-refractivity contribution is -0.105. The predicted molar refractivity (Wildman–Crippen MR) is 70.5 cm³/mol. The summed E-state index contributed by atoms with van der Waals surface area (Å²) in [5, 5.41) is 2.65. The van der Waals surface area contributed by atoms with Crippen LogP contribution in [0.4, 0.5) is 11.4 Å². The Kier molecular flexibility index (Phi) is 3.98. The molecule has 0 bridgehead atoms. The Morgan fingerprint density at radius 2 is 1.82 bits per heavy atom. The van der Waals surface area contributed by atoms with E-state index in [1.165, 1.54) is 5.69 Å². The van der Waals surface area contributed by atoms with E-state index in [9.17, 15) is 4.79 Å². The summed E-state index contributed by atoms with van der Waals surface area (Å²) in [7, 11) is 0. The maximum Gasteiger partial charge on any atom is 0.211 e. The lowest BCUT2D eigenvalue weighted by Crippen LogP contribution is -2.46. The highest BCUT2D eigenvalue weighted by atomic mass is 16.1. The second kappa shape index (κ2) is 5.68. The number of hydrogen-bond acceptors (Lipinski definition) is 3. The van der Waals surface area contributed by atoms with Crippen molar-refractivity contribution >= 4 is 17.8 Å². The number of nitrogens with zero attached hydrogens (tertiary/aromatic N) is 2. The van der Waals surface area contributed by atoms with E-state index in [1.54, 1.807) is 0 Å². The van der Waals surface area contributed by atoms with E-state index in [0.29, 0.717) is 6.41 Å². The van der Waals surface area contributed by atoms with Crippen LogP contribution < -0.4 is 10.2 Å². The zero-order valence-corrected chi connectivity index (χ0v) is 10.2. The van der Waals surface area contributed by atoms with E-state index >= 15 is 0 Å². The molecule has 1 aliphatic heterocycles. The monoisotopic (exact) mass is 233 g/mol. The molecule has 0 saturated carbocycles. The first kappa shape index (κ1) is 11.9. The molecule has 1 aromatic rings. The highest BCUT2D eigenvalue weighted by Gasteiger charge is 2.15. The Morgan fingerprint density at radius 1 is 1.18 bits per heavy atom. The first-order chi connectivity index (χ1) is 8.33. The van der Waals surface area contributed by atoms with Gasteiger partial charge < -0.3 is 15.1 Å². The van der Waals surface area contributed by atoms with Gasteiger partial charge in [-0.05, 0) is 30.8 Å². The van der Waals surface area contributed by atoms with Crippen molar-refractivity contribution in [1.82, 2.24) is 4.90 Å². The Balaban J connectivity index is 1.96. The topological polar surface area (TPSA) is 35.6 Å². The molecule has 4 heteroatoms. The number of rotatable bonds is 4. The lowest BCUT2D eigenvalue weighted by Gasteiger charge is -2.35. The van der Waals surface area contributed by atoms with E-state index in [4.69, 9.17) is 0 Å². The van der Waals surface area contributed by atoms with Crippen LogP contribution >= 0.6 is 0 Å². The predicted octanol–water partition coefficient (Wildman–Crippen LogP) is 1.40. The Labute approximate surface area is 102 Å². The molecule has 0 aliphatic carbocycles. The van der Waals surface area contributed by atoms with Crippen LogP contribution in [0.1, 0.15) is 6.92 Å². The highest BCUT2D eigenvalue weighted by Crippen LogP contribution is 2.19. The standard InChI is InChI=1S/C13H19N3O/c1-2-15-7-9-16(10-8-15)13-5-3-12(4-6-13)14-11-17/h3-6,11H,2,7-10H2,1H3,(H,14,17). The molecule has 0 radical (unpaired) electrons. The van der Waals surface area contributed by atoms with Crippen LogP contribution in [0.2, 0.25) is 0 Å². The minimum atomic E-state index is 0.703. The van der Waals surface area contributed by atoms with Crippen LogP contribution in [0.5, 0.6) is 0 Å². The lowest BCUT2D eigenvalue weighted by atomic mass is 10.2. The molecule has 1 fully saturated rings. The summed E-state index contributed by atoms with van der Waals surface area (Å²) in [6, 6.07) is 8.01. The first-order valence-electron chi connectivity index (χ1n) is 6.11. The molecule has 17 heavy (non-hydrogen) atoms. The maximum absolute atomic E-state index is 10.3. The molecule has 92 valence electrons. The molecule has 2 rings (SSSR count). The van der Waals surface area contributed by atoms with Crippen molar-refractivity contribution in [2.45, 2.75) is 6.92 Å². The summed E-state index contributed by atoms with van der Waals surface area (Å²) >= 11 is 0. The van der Waals surface area contributed by atoms with Gasteiger partial charge in [0.2, 0.25) is 6.41 Å². The number of amides is 1. The van der Waals surface area contributed by atoms with Gasteiger partial charge in [0, 0.05) is 37.6 Å². The van der Waals surface area contributed by atoms with Gasteiger partial charge in [0.25, 0.3) is 0 Å². The Morgan fingerprint density at radius 3 is 2.35 bits per heavy atom. The second-order valence-corrected chi connectivity index (χ2v) is 4.23. The number of carbonyl (C=O) groups is 1. The summed E-state index contributed by atoms with van der Waals surface area (Å²) < 4.78 is 0. The minimum absolute atomic E-state index is 0.703. The molecule has 4 nitrogen and oxygen atoms in total. The number of piperazine rings is 1. The largest absolute Gasteiger partial charge is 0.369 e. The van der Waals surface area contributed by atoms with E-state index in [2.05, 4.69) is 34.2 Å². The molecular formula is C13H19N3O. The van der Waals surface area contributed by atoms with E-state index in [-0.39, 0.29) is 0 Å². The smallest absolute Gasteiger partial charge is 0.211 e. The van der Waals surface area contributed by atoms with Crippen LogP contribution in [0, 0.1) is 0 Å². The molecule has 0 aromatic heterocycles. The van der Waals surface area contributed by atoms with Gasteiger partial charge in [-0.25, -0.2) is 0 Å². The zero-order valence-electron chi connectivity index (χ0n) is 10.2. The summed E-state index contributed by atoms with van der Waals surface area (Å²) in [6.07, 6.45) is 0.703. The normalized spacial score (nSPS) is 16.9. The molecular weight excluding hydrogens is 214 g/mol. The second-order valence-electron chi connectivity index (χ2n) is 4.23. The zero-order chi connectivity index (χ0) is 12.1. The fourth-order valence-corrected chi connectivity index (χ4v) is 2.16. The third-order valence-electron chi connectivity index (χ3n) is 3.28. The van der Waals surface area contributed by atoms with E-state index in [1.807, 2.05) is 12.1 Å². The first-order valence-corrected chi connectivity index (χ1v) is 6.11. The van der Waals surface area contributed by atoms with Crippen LogP contribution in [0.25, 0.3) is 0 Å². The number of benzene rings is 1. The summed E-state index contributed by atoms with van der Waals surface area (Å²) in [6.45, 7) is 7.75. The Bertz CT molecular complexity index is 355. The quantitative estimate of drug-likeness (QED) is 0.798. The summed E-state index contributed by atoms with van der Waals surface area (Å²) in [5.41, 5.74) is 2.08. The third kappa shape index (κ3) is 2.97. The summed E-state index contributed by atoms with van der Waals surface area (Å²) in [5.74, 6) is 0. The third-order valence-corrected chi connectivity index (χ3v) is 3.28. The average Bonchev–Trinajstić information content (AvgIpc) is 2.40. The molecule has 1 heterocycles. The molecule has 1 amide bonds. The van der Waals surface area contributed by atoms with Gasteiger partial charge in [-0.1, -0.05) is 6.92 Å². The molecule has 1 aliphatic rings. The molecule has 1 saturated heterocycles. The maximum atomic E-state index is 10.3. The van der Waals surface area contributed by atoms with Crippen molar-refractivity contribution in [1.29, 1.82) is 0 Å². The van der Waals surface area contributed by atoms with Crippen molar-refractivity contribution in [3.05, 3.63) is 24.3 Å². The van der Waals surface area contributed by atoms with Crippen molar-refractivity contribution in [2.75, 3.05) is 42.9 Å². The van der Waals surface area contributed by atoms with Gasteiger partial charge in [-0.3, -0.25) is 4.79 Å². The van der Waals surface area contributed by atoms with Gasteiger partial charge in [0.15, 0.2) is 0 Å². The number of carbonyl (C=O) groups excluding carboxylic acids is 1. The van der Waals surface area contributed by atoms with Gasteiger partial charge in [0.05, 0.1) is 0 Å². The fraction of sp³-hybridized carbons (Fsp3) is 0.462. The SMILES string of the molecule is CCN1CCN(c2ccc(NC=O)cc2)CC1. The molecule has 0 spiro atoms. The van der Waals surface area contributed by atoms with Crippen LogP contribution in [-0.4, -0.2) is 44.0 Å². The van der Waals surface area contributed by atoms with Crippen molar-refractivity contribution < 1.29 is 4.79 Å². The number of hydrogen-bond donors (Lipinski definition) is 1. The van der Waals surface area contributed by atoms with E-state index < -0.39 is 0 Å². The van der Waals surface area contributed by atoms with Gasteiger partial charge >= 0.3 is 0 Å². The van der Waals surface area contributed by atoms with Gasteiger partial charge in [0.1, 0.15) is 0 Å². The highest BCUT2D eigenvalue weighted by molar-refractivity contribution is 5.72. The Hall–Kier alpha value is -1.55. The minimum Gasteiger partial charge on any atom is -0.369 e. The van der Waals surface area contributed by atoms with E-state index in [0.717, 1.165) is 38.4 Å². The molecule has 1 aromatic carbocycles. The number of likely N-dealkylation sites (N-methyl/N-ethyl adjacent to an activating group) is 1. The van der Waals surface area contributed by atoms with Gasteiger partial charge in [-0.2, -0.15) is 0 Å². The van der Waals surface area contributed by atoms with Crippen molar-refractivity contribution in [2.24, 2.45) is 0 Å². The van der Waals surface area contributed by atoms with Crippen LogP contribution in [-0.2, 0) is 4.79 Å². The average molecular weight is 233 g/mol. The van der Waals surface area contributed by atoms with Crippen molar-refractivity contribution in [3.63, 3.8) is 0 Å². The molecule has 1 N–H and O–H groups in total. The van der Waals surface area contributed by atoms with Gasteiger partial charge in [-0.15, -0.1) is 0 Å². The van der Waals surface area contributed by atoms with Crippen LogP contribution in [0.3, 0.4) is 0 Å². The number of nitrogens with one attached hydrogen (secondary N) is 1. The number of anilines is 2. The molecule has 0 unspecified atom stereocenters. The summed E-state index contributed by atoms with van der Waals surface area (Å²) in [4.78, 5) is 15.1.